The molecule has 0 aliphatic carbocycles. The Hall–Kier alpha value is -6.07. The van der Waals surface area contributed by atoms with Gasteiger partial charge in [0.1, 0.15) is 11.5 Å². The molecule has 0 saturated heterocycles. The molecule has 4 nitrogen and oxygen atoms in total. The molecular formula is C50H37BIrN2O2-2. The molecule has 56 heavy (non-hydrogen) atoms. The molecule has 0 atom stereocenters. The number of hydrogen-bond donors (Lipinski definition) is 0. The van der Waals surface area contributed by atoms with Crippen LogP contribution in [0.15, 0.2) is 152 Å². The number of rotatable bonds is 4. The number of pyridine rings is 2. The second kappa shape index (κ2) is 15.6. The maximum Gasteiger partial charge on any atom is 0.239 e. The van der Waals surface area contributed by atoms with Gasteiger partial charge in [-0.3, -0.25) is 0 Å². The summed E-state index contributed by atoms with van der Waals surface area (Å²) in [6, 6.07) is 54.4. The van der Waals surface area contributed by atoms with Crippen LogP contribution >= 0.6 is 0 Å². The van der Waals surface area contributed by atoms with E-state index in [1.807, 2.05) is 54.9 Å². The minimum Gasteiger partial charge on any atom is -0.503 e. The Morgan fingerprint density at radius 1 is 0.536 bits per heavy atom. The Morgan fingerprint density at radius 3 is 1.89 bits per heavy atom. The van der Waals surface area contributed by atoms with Crippen molar-refractivity contribution in [2.45, 2.75) is 27.7 Å². The van der Waals surface area contributed by atoms with Gasteiger partial charge in [-0.05, 0) is 94.2 Å². The molecule has 0 saturated carbocycles. The van der Waals surface area contributed by atoms with E-state index in [2.05, 4.69) is 142 Å². The van der Waals surface area contributed by atoms with E-state index in [4.69, 9.17) is 14.5 Å². The van der Waals surface area contributed by atoms with E-state index in [9.17, 15) is 0 Å². The van der Waals surface area contributed by atoms with Gasteiger partial charge in [-0.1, -0.05) is 121 Å². The topological polar surface area (TPSA) is 44.2 Å². The maximum absolute atomic E-state index is 6.53. The number of aromatic nitrogens is 2. The van der Waals surface area contributed by atoms with Crippen LogP contribution < -0.4 is 25.9 Å². The Morgan fingerprint density at radius 2 is 1.21 bits per heavy atom. The van der Waals surface area contributed by atoms with Gasteiger partial charge in [0, 0.05) is 44.0 Å². The van der Waals surface area contributed by atoms with Gasteiger partial charge >= 0.3 is 0 Å². The van der Waals surface area contributed by atoms with Crippen LogP contribution in [0.5, 0.6) is 23.0 Å². The molecule has 8 aromatic rings. The van der Waals surface area contributed by atoms with Crippen molar-refractivity contribution in [2.24, 2.45) is 0 Å². The van der Waals surface area contributed by atoms with Crippen LogP contribution in [0.4, 0.5) is 0 Å². The second-order valence-corrected chi connectivity index (χ2v) is 14.2. The largest absolute Gasteiger partial charge is 0.503 e. The first-order chi connectivity index (χ1) is 26.9. The molecule has 1 radical (unpaired) electrons. The van der Waals surface area contributed by atoms with Crippen molar-refractivity contribution < 1.29 is 29.6 Å². The zero-order valence-corrected chi connectivity index (χ0v) is 34.0. The van der Waals surface area contributed by atoms with E-state index in [0.29, 0.717) is 0 Å². The van der Waals surface area contributed by atoms with E-state index in [-0.39, 0.29) is 26.8 Å². The van der Waals surface area contributed by atoms with Crippen LogP contribution in [0, 0.1) is 39.8 Å². The van der Waals surface area contributed by atoms with Crippen molar-refractivity contribution >= 4 is 23.1 Å². The third kappa shape index (κ3) is 6.87. The molecule has 0 fully saturated rings. The minimum atomic E-state index is 0. The first-order valence-corrected chi connectivity index (χ1v) is 18.6. The zero-order chi connectivity index (χ0) is 37.5. The molecule has 2 aromatic heterocycles. The molecule has 2 aliphatic rings. The molecule has 4 heterocycles. The van der Waals surface area contributed by atoms with Gasteiger partial charge in [0.2, 0.25) is 6.71 Å². The fourth-order valence-corrected chi connectivity index (χ4v) is 7.73. The quantitative estimate of drug-likeness (QED) is 0.130. The number of fused-ring (bicyclic) bond motifs is 4. The van der Waals surface area contributed by atoms with Gasteiger partial charge in [0.05, 0.1) is 0 Å². The first kappa shape index (κ1) is 36.9. The van der Waals surface area contributed by atoms with Crippen molar-refractivity contribution in [3.05, 3.63) is 186 Å². The van der Waals surface area contributed by atoms with Crippen LogP contribution in [-0.2, 0) is 20.1 Å². The normalized spacial score (nSPS) is 11.7. The molecule has 6 heteroatoms. The molecule has 0 spiro atoms. The standard InChI is InChI=1S/C31H21BNO2.C19H16N.Ir/c1-19-8-7-9-20(2)29(19)21-14-16-25(33-18-21)22-15-17-28-30-31(22)35-27-13-6-4-11-24(27)32(30)23-10-3-5-12-26(23)34-28;1-14-8-10-17(11-9-14)19-12-18(15(2)13-20-19)16-6-4-3-5-7-16;/h3-14,16-18H,1-2H3;3-10,12-13H,1-2H3;/q2*-1;. The van der Waals surface area contributed by atoms with Gasteiger partial charge in [-0.2, -0.15) is 0 Å². The number of aryl methyl sites for hydroxylation is 4. The molecule has 0 N–H and O–H groups in total. The summed E-state index contributed by atoms with van der Waals surface area (Å²) >= 11 is 0. The molecule has 0 amide bonds. The third-order valence-electron chi connectivity index (χ3n) is 10.5. The summed E-state index contributed by atoms with van der Waals surface area (Å²) in [6.07, 6.45) is 3.89. The molecule has 10 rings (SSSR count). The van der Waals surface area contributed by atoms with Crippen molar-refractivity contribution in [3.63, 3.8) is 0 Å². The number of benzene rings is 6. The summed E-state index contributed by atoms with van der Waals surface area (Å²) in [5.74, 6) is 3.30. The second-order valence-electron chi connectivity index (χ2n) is 14.2. The summed E-state index contributed by atoms with van der Waals surface area (Å²) in [5.41, 5.74) is 16.7. The van der Waals surface area contributed by atoms with Gasteiger partial charge in [0.15, 0.2) is 0 Å². The summed E-state index contributed by atoms with van der Waals surface area (Å²) in [5, 5.41) is 0. The van der Waals surface area contributed by atoms with E-state index in [1.165, 1.54) is 38.9 Å². The fraction of sp³-hybridized carbons (Fsp3) is 0.0800. The van der Waals surface area contributed by atoms with Crippen molar-refractivity contribution in [3.8, 4) is 67.8 Å². The van der Waals surface area contributed by atoms with Crippen LogP contribution in [0.25, 0.3) is 44.8 Å². The smallest absolute Gasteiger partial charge is 0.239 e. The van der Waals surface area contributed by atoms with Crippen molar-refractivity contribution in [1.82, 2.24) is 9.97 Å². The maximum atomic E-state index is 6.53. The minimum absolute atomic E-state index is 0. The fourth-order valence-electron chi connectivity index (χ4n) is 7.73. The monoisotopic (exact) mass is 901 g/mol. The predicted molar refractivity (Wildman–Crippen MR) is 225 cm³/mol. The van der Waals surface area contributed by atoms with Crippen LogP contribution in [0.3, 0.4) is 0 Å². The van der Waals surface area contributed by atoms with Crippen LogP contribution in [0.1, 0.15) is 22.3 Å². The van der Waals surface area contributed by atoms with Crippen LogP contribution in [0.2, 0.25) is 0 Å². The average Bonchev–Trinajstić information content (AvgIpc) is 3.22. The Labute approximate surface area is 342 Å². The van der Waals surface area contributed by atoms with Gasteiger partial charge < -0.3 is 19.4 Å². The predicted octanol–water partition coefficient (Wildman–Crippen LogP) is 10.4. The summed E-state index contributed by atoms with van der Waals surface area (Å²) < 4.78 is 12.8. The van der Waals surface area contributed by atoms with Gasteiger partial charge in [-0.15, -0.1) is 47.5 Å². The summed E-state index contributed by atoms with van der Waals surface area (Å²) in [4.78, 5) is 9.40. The average molecular weight is 901 g/mol. The third-order valence-corrected chi connectivity index (χ3v) is 10.5. The Balaban J connectivity index is 0.000000179. The Kier molecular flexibility index (Phi) is 10.3. The number of hydrogen-bond acceptors (Lipinski definition) is 4. The Bertz CT molecular complexity index is 2670. The van der Waals surface area contributed by atoms with Gasteiger partial charge in [0.25, 0.3) is 0 Å². The zero-order valence-electron chi connectivity index (χ0n) is 31.6. The van der Waals surface area contributed by atoms with Crippen molar-refractivity contribution in [1.29, 1.82) is 0 Å². The summed E-state index contributed by atoms with van der Waals surface area (Å²) in [7, 11) is 0. The number of nitrogens with zero attached hydrogens (tertiary/aromatic N) is 2. The molecule has 273 valence electrons. The van der Waals surface area contributed by atoms with Crippen LogP contribution in [-0.4, -0.2) is 16.7 Å². The molecule has 0 bridgehead atoms. The summed E-state index contributed by atoms with van der Waals surface area (Å²) in [6.45, 7) is 8.48. The van der Waals surface area contributed by atoms with Crippen molar-refractivity contribution in [2.75, 3.05) is 0 Å². The number of para-hydroxylation sites is 2. The number of ether oxygens (including phenoxy) is 2. The molecular weight excluding hydrogens is 864 g/mol. The van der Waals surface area contributed by atoms with Gasteiger partial charge in [-0.25, -0.2) is 0 Å². The molecule has 6 aromatic carbocycles. The SMILES string of the molecule is Cc1c[c-]c(-c2cc(-c3ccccc3)c(C)cn2)cc1.Cc1cccc(C)c1-c1ccc(-c2[c-]cc3c4c2Oc2ccccc2B4c2ccccc2O3)nc1.[Ir]. The first-order valence-electron chi connectivity index (χ1n) is 18.6. The van der Waals surface area contributed by atoms with E-state index >= 15 is 0 Å². The van der Waals surface area contributed by atoms with E-state index in [1.54, 1.807) is 0 Å². The van der Waals surface area contributed by atoms with E-state index < -0.39 is 0 Å². The molecule has 2 aliphatic heterocycles. The molecule has 0 unspecified atom stereocenters. The van der Waals surface area contributed by atoms with E-state index in [0.717, 1.165) is 67.5 Å².